The van der Waals surface area contributed by atoms with E-state index in [-0.39, 0.29) is 4.90 Å². The average Bonchev–Trinajstić information content (AvgIpc) is 2.65. The standard InChI is InChI=1S/C19H21NO5S/c1-14-3-8-18(15(2)13-14)25-19(21)16-4-6-17(7-5-16)26(22,23)20-9-11-24-12-10-20/h3-8,13H,9-12H2,1-2H3. The third kappa shape index (κ3) is 3.95. The van der Waals surface area contributed by atoms with Crippen LogP contribution in [0.25, 0.3) is 0 Å². The number of ether oxygens (including phenoxy) is 2. The molecule has 2 aromatic rings. The molecule has 26 heavy (non-hydrogen) atoms. The second kappa shape index (κ2) is 7.57. The van der Waals surface area contributed by atoms with Gasteiger partial charge in [0.1, 0.15) is 5.75 Å². The van der Waals surface area contributed by atoms with E-state index in [1.165, 1.54) is 28.6 Å². The Morgan fingerprint density at radius 3 is 2.31 bits per heavy atom. The third-order valence-electron chi connectivity index (χ3n) is 4.23. The van der Waals surface area contributed by atoms with Crippen molar-refractivity contribution < 1.29 is 22.7 Å². The first-order chi connectivity index (χ1) is 12.4. The number of sulfonamides is 1. The lowest BCUT2D eigenvalue weighted by Gasteiger charge is -2.26. The van der Waals surface area contributed by atoms with E-state index in [9.17, 15) is 13.2 Å². The van der Waals surface area contributed by atoms with Gasteiger partial charge in [-0.1, -0.05) is 17.7 Å². The number of carbonyl (C=O) groups excluding carboxylic acids is 1. The van der Waals surface area contributed by atoms with Crippen molar-refractivity contribution in [1.82, 2.24) is 4.31 Å². The van der Waals surface area contributed by atoms with Gasteiger partial charge < -0.3 is 9.47 Å². The number of esters is 1. The average molecular weight is 375 g/mol. The van der Waals surface area contributed by atoms with E-state index in [2.05, 4.69) is 0 Å². The summed E-state index contributed by atoms with van der Waals surface area (Å²) in [7, 11) is -3.57. The third-order valence-corrected chi connectivity index (χ3v) is 6.14. The van der Waals surface area contributed by atoms with E-state index < -0.39 is 16.0 Å². The molecule has 0 aliphatic carbocycles. The van der Waals surface area contributed by atoms with Crippen LogP contribution in [0.4, 0.5) is 0 Å². The fraction of sp³-hybridized carbons (Fsp3) is 0.316. The molecular formula is C19H21NO5S. The van der Waals surface area contributed by atoms with Crippen LogP contribution in [0.3, 0.4) is 0 Å². The Bertz CT molecular complexity index is 900. The second-order valence-electron chi connectivity index (χ2n) is 6.20. The van der Waals surface area contributed by atoms with Gasteiger partial charge in [0.2, 0.25) is 10.0 Å². The molecule has 0 atom stereocenters. The predicted octanol–water partition coefficient (Wildman–Crippen LogP) is 2.54. The Kier molecular flexibility index (Phi) is 5.41. The van der Waals surface area contributed by atoms with Gasteiger partial charge in [0.05, 0.1) is 23.7 Å². The maximum atomic E-state index is 12.6. The Morgan fingerprint density at radius 2 is 1.69 bits per heavy atom. The number of hydrogen-bond donors (Lipinski definition) is 0. The van der Waals surface area contributed by atoms with Crippen LogP contribution in [0, 0.1) is 13.8 Å². The predicted molar refractivity (Wildman–Crippen MR) is 96.9 cm³/mol. The zero-order valence-corrected chi connectivity index (χ0v) is 15.6. The molecule has 0 aromatic heterocycles. The summed E-state index contributed by atoms with van der Waals surface area (Å²) in [4.78, 5) is 12.5. The summed E-state index contributed by atoms with van der Waals surface area (Å²) in [5.41, 5.74) is 2.25. The van der Waals surface area contributed by atoms with Crippen molar-refractivity contribution in [2.24, 2.45) is 0 Å². The number of carbonyl (C=O) groups is 1. The highest BCUT2D eigenvalue weighted by Crippen LogP contribution is 2.21. The highest BCUT2D eigenvalue weighted by molar-refractivity contribution is 7.89. The van der Waals surface area contributed by atoms with Crippen LogP contribution in [-0.4, -0.2) is 45.0 Å². The molecule has 0 unspecified atom stereocenters. The number of nitrogens with zero attached hydrogens (tertiary/aromatic N) is 1. The van der Waals surface area contributed by atoms with Gasteiger partial charge in [0, 0.05) is 13.1 Å². The van der Waals surface area contributed by atoms with Gasteiger partial charge >= 0.3 is 5.97 Å². The van der Waals surface area contributed by atoms with Crippen molar-refractivity contribution >= 4 is 16.0 Å². The van der Waals surface area contributed by atoms with Gasteiger partial charge in [-0.05, 0) is 49.7 Å². The minimum absolute atomic E-state index is 0.155. The summed E-state index contributed by atoms with van der Waals surface area (Å²) in [5, 5.41) is 0. The molecule has 2 aromatic carbocycles. The number of morpholine rings is 1. The molecule has 6 nitrogen and oxygen atoms in total. The minimum atomic E-state index is -3.57. The lowest BCUT2D eigenvalue weighted by atomic mass is 10.1. The Balaban J connectivity index is 1.75. The minimum Gasteiger partial charge on any atom is -0.423 e. The largest absolute Gasteiger partial charge is 0.423 e. The zero-order chi connectivity index (χ0) is 18.7. The number of hydrogen-bond acceptors (Lipinski definition) is 5. The van der Waals surface area contributed by atoms with Crippen molar-refractivity contribution in [3.63, 3.8) is 0 Å². The smallest absolute Gasteiger partial charge is 0.343 e. The molecule has 0 radical (unpaired) electrons. The number of aryl methyl sites for hydroxylation is 2. The molecule has 1 saturated heterocycles. The summed E-state index contributed by atoms with van der Waals surface area (Å²) >= 11 is 0. The maximum Gasteiger partial charge on any atom is 0.343 e. The van der Waals surface area contributed by atoms with Gasteiger partial charge in [-0.3, -0.25) is 0 Å². The van der Waals surface area contributed by atoms with E-state index in [0.29, 0.717) is 37.6 Å². The monoisotopic (exact) mass is 375 g/mol. The van der Waals surface area contributed by atoms with Crippen molar-refractivity contribution in [1.29, 1.82) is 0 Å². The molecule has 1 aliphatic heterocycles. The van der Waals surface area contributed by atoms with E-state index >= 15 is 0 Å². The van der Waals surface area contributed by atoms with Crippen LogP contribution >= 0.6 is 0 Å². The SMILES string of the molecule is Cc1ccc(OC(=O)c2ccc(S(=O)(=O)N3CCOCC3)cc2)c(C)c1. The van der Waals surface area contributed by atoms with Gasteiger partial charge in [0.25, 0.3) is 0 Å². The molecule has 1 heterocycles. The van der Waals surface area contributed by atoms with Gasteiger partial charge in [-0.2, -0.15) is 4.31 Å². The second-order valence-corrected chi connectivity index (χ2v) is 8.14. The number of benzene rings is 2. The molecular weight excluding hydrogens is 354 g/mol. The lowest BCUT2D eigenvalue weighted by Crippen LogP contribution is -2.40. The van der Waals surface area contributed by atoms with Crippen LogP contribution < -0.4 is 4.74 Å². The lowest BCUT2D eigenvalue weighted by molar-refractivity contribution is 0.0730. The van der Waals surface area contributed by atoms with Gasteiger partial charge in [0.15, 0.2) is 0 Å². The molecule has 0 spiro atoms. The van der Waals surface area contributed by atoms with E-state index in [0.717, 1.165) is 11.1 Å². The molecule has 7 heteroatoms. The van der Waals surface area contributed by atoms with Gasteiger partial charge in [-0.25, -0.2) is 13.2 Å². The van der Waals surface area contributed by atoms with Crippen molar-refractivity contribution in [3.8, 4) is 5.75 Å². The Hall–Kier alpha value is -2.22. The van der Waals surface area contributed by atoms with Crippen LogP contribution in [0.1, 0.15) is 21.5 Å². The molecule has 138 valence electrons. The van der Waals surface area contributed by atoms with Crippen LogP contribution in [-0.2, 0) is 14.8 Å². The normalized spacial score (nSPS) is 15.6. The quantitative estimate of drug-likeness (QED) is 0.607. The van der Waals surface area contributed by atoms with E-state index in [4.69, 9.17) is 9.47 Å². The zero-order valence-electron chi connectivity index (χ0n) is 14.8. The number of rotatable bonds is 4. The van der Waals surface area contributed by atoms with Crippen molar-refractivity contribution in [2.45, 2.75) is 18.7 Å². The first kappa shape index (κ1) is 18.6. The molecule has 3 rings (SSSR count). The first-order valence-electron chi connectivity index (χ1n) is 8.35. The summed E-state index contributed by atoms with van der Waals surface area (Å²) in [6, 6.07) is 11.4. The van der Waals surface area contributed by atoms with Crippen LogP contribution in [0.15, 0.2) is 47.4 Å². The summed E-state index contributed by atoms with van der Waals surface area (Å²) in [6.07, 6.45) is 0. The Labute approximate surface area is 153 Å². The molecule has 0 saturated carbocycles. The highest BCUT2D eigenvalue weighted by Gasteiger charge is 2.26. The first-order valence-corrected chi connectivity index (χ1v) is 9.79. The molecule has 1 aliphatic rings. The summed E-state index contributed by atoms with van der Waals surface area (Å²) < 4.78 is 37.2. The van der Waals surface area contributed by atoms with E-state index in [1.807, 2.05) is 26.0 Å². The molecule has 1 fully saturated rings. The highest BCUT2D eigenvalue weighted by atomic mass is 32.2. The van der Waals surface area contributed by atoms with E-state index in [1.54, 1.807) is 6.07 Å². The molecule has 0 bridgehead atoms. The van der Waals surface area contributed by atoms with Crippen molar-refractivity contribution in [2.75, 3.05) is 26.3 Å². The van der Waals surface area contributed by atoms with Crippen molar-refractivity contribution in [3.05, 3.63) is 59.2 Å². The van der Waals surface area contributed by atoms with Crippen LogP contribution in [0.2, 0.25) is 0 Å². The summed E-state index contributed by atoms with van der Waals surface area (Å²) in [5.74, 6) is -0.0297. The fourth-order valence-corrected chi connectivity index (χ4v) is 4.18. The topological polar surface area (TPSA) is 72.9 Å². The maximum absolute atomic E-state index is 12.6. The molecule has 0 N–H and O–H groups in total. The Morgan fingerprint density at radius 1 is 1.04 bits per heavy atom. The van der Waals surface area contributed by atoms with Crippen LogP contribution in [0.5, 0.6) is 5.75 Å². The molecule has 0 amide bonds. The fourth-order valence-electron chi connectivity index (χ4n) is 2.77. The van der Waals surface area contributed by atoms with Gasteiger partial charge in [-0.15, -0.1) is 0 Å². The summed E-state index contributed by atoms with van der Waals surface area (Å²) in [6.45, 7) is 5.27.